The highest BCUT2D eigenvalue weighted by Gasteiger charge is 2.21. The summed E-state index contributed by atoms with van der Waals surface area (Å²) in [6, 6.07) is 0.320. The Morgan fingerprint density at radius 2 is 2.00 bits per heavy atom. The first-order valence-corrected chi connectivity index (χ1v) is 7.37. The van der Waals surface area contributed by atoms with Crippen LogP contribution in [0.2, 0.25) is 0 Å². The zero-order chi connectivity index (χ0) is 14.4. The first-order valence-electron chi connectivity index (χ1n) is 7.37. The summed E-state index contributed by atoms with van der Waals surface area (Å²) in [4.78, 5) is 14.9. The van der Waals surface area contributed by atoms with Crippen LogP contribution in [0.15, 0.2) is 0 Å². The summed E-state index contributed by atoms with van der Waals surface area (Å²) in [6.45, 7) is 6.61. The Morgan fingerprint density at radius 3 is 2.60 bits per heavy atom. The summed E-state index contributed by atoms with van der Waals surface area (Å²) in [7, 11) is 0. The van der Waals surface area contributed by atoms with Crippen LogP contribution >= 0.6 is 0 Å². The fourth-order valence-corrected chi connectivity index (χ4v) is 2.58. The molecule has 0 atom stereocenters. The van der Waals surface area contributed by atoms with Crippen LogP contribution < -0.4 is 20.9 Å². The van der Waals surface area contributed by atoms with E-state index in [-0.39, 0.29) is 0 Å². The van der Waals surface area contributed by atoms with Gasteiger partial charge in [0, 0.05) is 13.1 Å². The molecular formula is C13H24N6O. The van der Waals surface area contributed by atoms with Crippen molar-refractivity contribution in [2.75, 3.05) is 30.0 Å². The van der Waals surface area contributed by atoms with Gasteiger partial charge in [-0.2, -0.15) is 15.0 Å². The summed E-state index contributed by atoms with van der Waals surface area (Å²) in [6.07, 6.45) is 4.95. The van der Waals surface area contributed by atoms with Crippen molar-refractivity contribution in [3.8, 4) is 6.01 Å². The van der Waals surface area contributed by atoms with Crippen molar-refractivity contribution in [1.82, 2.24) is 15.0 Å². The number of rotatable bonds is 6. The van der Waals surface area contributed by atoms with E-state index in [9.17, 15) is 0 Å². The lowest BCUT2D eigenvalue weighted by Crippen LogP contribution is -2.35. The average Bonchev–Trinajstić information content (AvgIpc) is 2.48. The fraction of sp³-hybridized carbons (Fsp3) is 0.769. The van der Waals surface area contributed by atoms with Crippen molar-refractivity contribution in [3.05, 3.63) is 0 Å². The molecule has 2 rings (SSSR count). The summed E-state index contributed by atoms with van der Waals surface area (Å²) < 4.78 is 5.36. The minimum atomic E-state index is 0.320. The van der Waals surface area contributed by atoms with Crippen molar-refractivity contribution in [3.63, 3.8) is 0 Å². The molecule has 0 amide bonds. The van der Waals surface area contributed by atoms with Crippen molar-refractivity contribution >= 4 is 11.9 Å². The molecule has 1 aliphatic rings. The molecule has 112 valence electrons. The van der Waals surface area contributed by atoms with Crippen LogP contribution in [0.1, 0.15) is 39.5 Å². The molecular weight excluding hydrogens is 256 g/mol. The van der Waals surface area contributed by atoms with Crippen LogP contribution in [0.4, 0.5) is 11.9 Å². The fourth-order valence-electron chi connectivity index (χ4n) is 2.58. The van der Waals surface area contributed by atoms with Gasteiger partial charge in [0.2, 0.25) is 11.9 Å². The van der Waals surface area contributed by atoms with Gasteiger partial charge in [-0.3, -0.25) is 5.43 Å². The first-order chi connectivity index (χ1) is 9.76. The van der Waals surface area contributed by atoms with Gasteiger partial charge in [0.05, 0.1) is 6.61 Å². The van der Waals surface area contributed by atoms with Gasteiger partial charge < -0.3 is 9.64 Å². The second-order valence-corrected chi connectivity index (χ2v) is 5.04. The topological polar surface area (TPSA) is 89.2 Å². The van der Waals surface area contributed by atoms with E-state index in [1.54, 1.807) is 0 Å². The Morgan fingerprint density at radius 1 is 1.25 bits per heavy atom. The van der Waals surface area contributed by atoms with Crippen molar-refractivity contribution in [2.45, 2.75) is 39.5 Å². The zero-order valence-corrected chi connectivity index (χ0v) is 12.3. The number of aromatic nitrogens is 3. The molecule has 3 N–H and O–H groups in total. The molecule has 0 aliphatic carbocycles. The van der Waals surface area contributed by atoms with E-state index in [4.69, 9.17) is 10.6 Å². The Hall–Kier alpha value is -1.63. The summed E-state index contributed by atoms with van der Waals surface area (Å²) in [5.41, 5.74) is 2.47. The van der Waals surface area contributed by atoms with Crippen molar-refractivity contribution < 1.29 is 4.74 Å². The number of piperidine rings is 1. The third-order valence-electron chi connectivity index (χ3n) is 3.60. The molecule has 7 heteroatoms. The maximum absolute atomic E-state index is 5.40. The number of nitrogen functional groups attached to an aromatic ring is 1. The lowest BCUT2D eigenvalue weighted by molar-refractivity contribution is 0.311. The van der Waals surface area contributed by atoms with Crippen LogP contribution in [-0.2, 0) is 0 Å². The lowest BCUT2D eigenvalue weighted by atomic mass is 9.93. The molecule has 1 saturated heterocycles. The monoisotopic (exact) mass is 280 g/mol. The van der Waals surface area contributed by atoms with Gasteiger partial charge in [-0.05, 0) is 25.7 Å². The van der Waals surface area contributed by atoms with Crippen molar-refractivity contribution in [1.29, 1.82) is 0 Å². The van der Waals surface area contributed by atoms with Crippen LogP contribution in [0.25, 0.3) is 0 Å². The molecule has 0 aromatic carbocycles. The SMILES string of the molecule is CCCC1CCN(c2nc(NN)nc(OCC)n2)CC1. The molecule has 0 unspecified atom stereocenters. The highest BCUT2D eigenvalue weighted by Crippen LogP contribution is 2.25. The van der Waals surface area contributed by atoms with Gasteiger partial charge in [-0.1, -0.05) is 19.8 Å². The van der Waals surface area contributed by atoms with E-state index in [1.807, 2.05) is 6.92 Å². The molecule has 20 heavy (non-hydrogen) atoms. The molecule has 1 fully saturated rings. The Bertz CT molecular complexity index is 419. The predicted octanol–water partition coefficient (Wildman–Crippen LogP) is 1.57. The third-order valence-corrected chi connectivity index (χ3v) is 3.60. The summed E-state index contributed by atoms with van der Waals surface area (Å²) in [5, 5.41) is 0. The lowest BCUT2D eigenvalue weighted by Gasteiger charge is -2.31. The van der Waals surface area contributed by atoms with Crippen molar-refractivity contribution in [2.24, 2.45) is 11.8 Å². The molecule has 2 heterocycles. The normalized spacial score (nSPS) is 16.2. The number of ether oxygens (including phenoxy) is 1. The first kappa shape index (κ1) is 14.8. The highest BCUT2D eigenvalue weighted by atomic mass is 16.5. The maximum Gasteiger partial charge on any atom is 0.323 e. The highest BCUT2D eigenvalue weighted by molar-refractivity contribution is 5.38. The maximum atomic E-state index is 5.40. The van der Waals surface area contributed by atoms with Crippen LogP contribution in [0, 0.1) is 5.92 Å². The molecule has 0 saturated carbocycles. The summed E-state index contributed by atoms with van der Waals surface area (Å²) >= 11 is 0. The smallest absolute Gasteiger partial charge is 0.323 e. The van der Waals surface area contributed by atoms with Gasteiger partial charge in [0.15, 0.2) is 0 Å². The van der Waals surface area contributed by atoms with Gasteiger partial charge >= 0.3 is 6.01 Å². The standard InChI is InChI=1S/C13H24N6O/c1-3-5-10-6-8-19(9-7-10)12-15-11(18-14)16-13(17-12)20-4-2/h10H,3-9,14H2,1-2H3,(H,15,16,17,18). The largest absolute Gasteiger partial charge is 0.464 e. The van der Waals surface area contributed by atoms with E-state index in [2.05, 4.69) is 32.2 Å². The van der Waals surface area contributed by atoms with E-state index in [1.165, 1.54) is 25.7 Å². The number of anilines is 2. The second kappa shape index (κ2) is 7.23. The Kier molecular flexibility index (Phi) is 5.34. The van der Waals surface area contributed by atoms with Gasteiger partial charge in [0.25, 0.3) is 0 Å². The number of nitrogens with two attached hydrogens (primary N) is 1. The molecule has 0 spiro atoms. The van der Waals surface area contributed by atoms with E-state index < -0.39 is 0 Å². The quantitative estimate of drug-likeness (QED) is 0.604. The molecule has 1 aromatic heterocycles. The third kappa shape index (κ3) is 3.69. The number of nitrogens with one attached hydrogen (secondary N) is 1. The average molecular weight is 280 g/mol. The van der Waals surface area contributed by atoms with E-state index in [0.29, 0.717) is 24.5 Å². The minimum absolute atomic E-state index is 0.320. The Balaban J connectivity index is 2.06. The predicted molar refractivity (Wildman–Crippen MR) is 78.7 cm³/mol. The molecule has 0 radical (unpaired) electrons. The van der Waals surface area contributed by atoms with Crippen LogP contribution in [0.3, 0.4) is 0 Å². The van der Waals surface area contributed by atoms with Crippen LogP contribution in [-0.4, -0.2) is 34.6 Å². The molecule has 1 aromatic rings. The number of nitrogens with zero attached hydrogens (tertiary/aromatic N) is 4. The van der Waals surface area contributed by atoms with Gasteiger partial charge in [0.1, 0.15) is 0 Å². The second-order valence-electron chi connectivity index (χ2n) is 5.04. The van der Waals surface area contributed by atoms with Crippen LogP contribution in [0.5, 0.6) is 6.01 Å². The molecule has 1 aliphatic heterocycles. The molecule has 7 nitrogen and oxygen atoms in total. The molecule has 0 bridgehead atoms. The van der Waals surface area contributed by atoms with Gasteiger partial charge in [-0.15, -0.1) is 0 Å². The zero-order valence-electron chi connectivity index (χ0n) is 12.3. The van der Waals surface area contributed by atoms with E-state index >= 15 is 0 Å². The van der Waals surface area contributed by atoms with Gasteiger partial charge in [-0.25, -0.2) is 5.84 Å². The van der Waals surface area contributed by atoms with E-state index in [0.717, 1.165) is 19.0 Å². The number of hydrogen-bond donors (Lipinski definition) is 2. The number of hydrazine groups is 1. The number of hydrogen-bond acceptors (Lipinski definition) is 7. The minimum Gasteiger partial charge on any atom is -0.464 e. The Labute approximate surface area is 119 Å². The summed E-state index contributed by atoms with van der Waals surface area (Å²) in [5.74, 6) is 7.21.